The molecule has 6 nitrogen and oxygen atoms in total. The number of nitrogens with one attached hydrogen (secondary N) is 1. The lowest BCUT2D eigenvalue weighted by atomic mass is 10.1. The van der Waals surface area contributed by atoms with Gasteiger partial charge in [0.25, 0.3) is 6.01 Å². The van der Waals surface area contributed by atoms with Gasteiger partial charge in [-0.25, -0.2) is 9.37 Å². The van der Waals surface area contributed by atoms with Crippen molar-refractivity contribution in [2.24, 2.45) is 0 Å². The Morgan fingerprint density at radius 1 is 1.29 bits per heavy atom. The fraction of sp³-hybridized carbons (Fsp3) is 0.0625. The number of furan rings is 1. The Balaban J connectivity index is 1.88. The number of nitrogens with zero attached hydrogens (tertiary/aromatic N) is 2. The van der Waals surface area contributed by atoms with Crippen LogP contribution < -0.4 is 0 Å². The van der Waals surface area contributed by atoms with Crippen LogP contribution in [0.2, 0.25) is 0 Å². The SMILES string of the molecule is O=C(C=C(O)c1cc(F)oc1Cc1ccc(F)cc1)c1ncn[nH]1. The van der Waals surface area contributed by atoms with Gasteiger partial charge < -0.3 is 9.52 Å². The monoisotopic (exact) mass is 331 g/mol. The van der Waals surface area contributed by atoms with E-state index in [9.17, 15) is 18.7 Å². The summed E-state index contributed by atoms with van der Waals surface area (Å²) in [5.74, 6) is -1.45. The maximum atomic E-state index is 13.4. The van der Waals surface area contributed by atoms with E-state index in [0.717, 1.165) is 18.5 Å². The number of aromatic nitrogens is 3. The molecule has 0 aliphatic carbocycles. The molecule has 0 bridgehead atoms. The number of allylic oxidation sites excluding steroid dienone is 1. The van der Waals surface area contributed by atoms with Crippen molar-refractivity contribution in [3.63, 3.8) is 0 Å². The molecule has 122 valence electrons. The standard InChI is InChI=1S/C16H11F2N3O3/c17-10-3-1-9(2-4-10)5-14-11(6-15(18)24-14)12(22)7-13(23)16-19-8-20-21-16/h1-4,6-8,22H,5H2,(H,19,20,21). The number of aliphatic hydroxyl groups is 1. The second kappa shape index (κ2) is 6.45. The van der Waals surface area contributed by atoms with Crippen molar-refractivity contribution < 1.29 is 23.1 Å². The van der Waals surface area contributed by atoms with Crippen molar-refractivity contribution in [1.29, 1.82) is 0 Å². The fourth-order valence-corrected chi connectivity index (χ4v) is 2.13. The van der Waals surface area contributed by atoms with Crippen molar-refractivity contribution in [3.8, 4) is 0 Å². The highest BCUT2D eigenvalue weighted by Gasteiger charge is 2.17. The van der Waals surface area contributed by atoms with Crippen LogP contribution in [-0.4, -0.2) is 26.1 Å². The molecule has 2 N–H and O–H groups in total. The molecule has 2 aromatic heterocycles. The fourth-order valence-electron chi connectivity index (χ4n) is 2.13. The summed E-state index contributed by atoms with van der Waals surface area (Å²) in [6.07, 6.45) is 2.16. The van der Waals surface area contributed by atoms with E-state index in [1.165, 1.54) is 24.3 Å². The van der Waals surface area contributed by atoms with Crippen molar-refractivity contribution in [2.45, 2.75) is 6.42 Å². The average Bonchev–Trinajstić information content (AvgIpc) is 3.19. The van der Waals surface area contributed by atoms with Gasteiger partial charge in [-0.2, -0.15) is 9.49 Å². The van der Waals surface area contributed by atoms with Crippen LogP contribution in [0.1, 0.15) is 27.5 Å². The van der Waals surface area contributed by atoms with Gasteiger partial charge in [-0.15, -0.1) is 0 Å². The number of carbonyl (C=O) groups excluding carboxylic acids is 1. The third-order valence-electron chi connectivity index (χ3n) is 3.25. The zero-order chi connectivity index (χ0) is 17.1. The minimum atomic E-state index is -0.908. The van der Waals surface area contributed by atoms with E-state index < -0.39 is 23.4 Å². The summed E-state index contributed by atoms with van der Waals surface area (Å²) in [7, 11) is 0. The first-order valence-electron chi connectivity index (χ1n) is 6.86. The Bertz CT molecular complexity index is 884. The topological polar surface area (TPSA) is 92.0 Å². The van der Waals surface area contributed by atoms with Gasteiger partial charge in [-0.3, -0.25) is 9.89 Å². The molecule has 0 fully saturated rings. The molecule has 24 heavy (non-hydrogen) atoms. The van der Waals surface area contributed by atoms with Crippen LogP contribution in [0.25, 0.3) is 5.76 Å². The molecular formula is C16H11F2N3O3. The number of ketones is 1. The third kappa shape index (κ3) is 3.37. The molecule has 8 heteroatoms. The first-order chi connectivity index (χ1) is 11.5. The molecule has 0 atom stereocenters. The van der Waals surface area contributed by atoms with Crippen LogP contribution >= 0.6 is 0 Å². The van der Waals surface area contributed by atoms with E-state index >= 15 is 0 Å². The summed E-state index contributed by atoms with van der Waals surface area (Å²) in [5.41, 5.74) is 0.686. The van der Waals surface area contributed by atoms with E-state index in [2.05, 4.69) is 15.2 Å². The molecule has 0 saturated heterocycles. The summed E-state index contributed by atoms with van der Waals surface area (Å²) < 4.78 is 31.3. The smallest absolute Gasteiger partial charge is 0.278 e. The van der Waals surface area contributed by atoms with Gasteiger partial charge in [0.15, 0.2) is 5.82 Å². The lowest BCUT2D eigenvalue weighted by molar-refractivity contribution is 0.103. The van der Waals surface area contributed by atoms with E-state index in [4.69, 9.17) is 4.42 Å². The molecule has 1 aromatic carbocycles. The van der Waals surface area contributed by atoms with E-state index in [0.29, 0.717) is 5.56 Å². The predicted molar refractivity (Wildman–Crippen MR) is 79.2 cm³/mol. The second-order valence-electron chi connectivity index (χ2n) is 4.92. The first-order valence-corrected chi connectivity index (χ1v) is 6.86. The number of rotatable bonds is 5. The number of hydrogen-bond donors (Lipinski definition) is 2. The van der Waals surface area contributed by atoms with Gasteiger partial charge in [0.2, 0.25) is 5.78 Å². The number of hydrogen-bond acceptors (Lipinski definition) is 5. The summed E-state index contributed by atoms with van der Waals surface area (Å²) >= 11 is 0. The number of carbonyl (C=O) groups is 1. The Labute approximate surface area is 134 Å². The van der Waals surface area contributed by atoms with E-state index in [-0.39, 0.29) is 23.6 Å². The largest absolute Gasteiger partial charge is 0.507 e. The highest BCUT2D eigenvalue weighted by Crippen LogP contribution is 2.24. The Kier molecular flexibility index (Phi) is 4.19. The predicted octanol–water partition coefficient (Wildman–Crippen LogP) is 3.05. The molecule has 0 amide bonds. The lowest BCUT2D eigenvalue weighted by Gasteiger charge is -2.02. The Morgan fingerprint density at radius 3 is 2.71 bits per heavy atom. The highest BCUT2D eigenvalue weighted by molar-refractivity contribution is 6.05. The molecule has 0 aliphatic rings. The molecule has 2 heterocycles. The van der Waals surface area contributed by atoms with Crippen LogP contribution in [0.5, 0.6) is 0 Å². The van der Waals surface area contributed by atoms with Crippen LogP contribution in [0, 0.1) is 11.8 Å². The first kappa shape index (κ1) is 15.6. The molecule has 0 aliphatic heterocycles. The minimum absolute atomic E-state index is 0.0321. The third-order valence-corrected chi connectivity index (χ3v) is 3.25. The van der Waals surface area contributed by atoms with Gasteiger partial charge in [0.1, 0.15) is 23.7 Å². The molecule has 3 aromatic rings. The highest BCUT2D eigenvalue weighted by atomic mass is 19.1. The van der Waals surface area contributed by atoms with Crippen LogP contribution in [-0.2, 0) is 6.42 Å². The van der Waals surface area contributed by atoms with Crippen molar-refractivity contribution in [1.82, 2.24) is 15.2 Å². The van der Waals surface area contributed by atoms with Gasteiger partial charge in [-0.1, -0.05) is 12.1 Å². The maximum Gasteiger partial charge on any atom is 0.278 e. The normalized spacial score (nSPS) is 11.7. The van der Waals surface area contributed by atoms with Crippen molar-refractivity contribution >= 4 is 11.5 Å². The van der Waals surface area contributed by atoms with Crippen molar-refractivity contribution in [3.05, 3.63) is 77.3 Å². The Hall–Kier alpha value is -3.29. The summed E-state index contributed by atoms with van der Waals surface area (Å²) in [5, 5.41) is 16.0. The minimum Gasteiger partial charge on any atom is -0.507 e. The zero-order valence-corrected chi connectivity index (χ0v) is 12.2. The van der Waals surface area contributed by atoms with Crippen LogP contribution in [0.4, 0.5) is 8.78 Å². The lowest BCUT2D eigenvalue weighted by Crippen LogP contribution is -2.00. The maximum absolute atomic E-state index is 13.4. The van der Waals surface area contributed by atoms with Gasteiger partial charge in [0.05, 0.1) is 5.56 Å². The van der Waals surface area contributed by atoms with Gasteiger partial charge in [0, 0.05) is 18.6 Å². The molecule has 0 radical (unpaired) electrons. The van der Waals surface area contributed by atoms with Gasteiger partial charge >= 0.3 is 0 Å². The molecule has 3 rings (SSSR count). The Morgan fingerprint density at radius 2 is 2.04 bits per heavy atom. The summed E-state index contributed by atoms with van der Waals surface area (Å²) in [6.45, 7) is 0. The summed E-state index contributed by atoms with van der Waals surface area (Å²) in [4.78, 5) is 15.5. The zero-order valence-electron chi connectivity index (χ0n) is 12.2. The summed E-state index contributed by atoms with van der Waals surface area (Å²) in [6, 6.07) is 5.61. The van der Waals surface area contributed by atoms with Crippen LogP contribution in [0.15, 0.2) is 47.2 Å². The van der Waals surface area contributed by atoms with E-state index in [1.807, 2.05) is 0 Å². The van der Waals surface area contributed by atoms with Crippen LogP contribution in [0.3, 0.4) is 0 Å². The number of halogens is 2. The molecule has 0 saturated carbocycles. The van der Waals surface area contributed by atoms with Gasteiger partial charge in [-0.05, 0) is 17.7 Å². The number of benzene rings is 1. The number of aliphatic hydroxyl groups excluding tert-OH is 1. The molecular weight excluding hydrogens is 320 g/mol. The van der Waals surface area contributed by atoms with E-state index in [1.54, 1.807) is 0 Å². The number of aromatic amines is 1. The molecule has 0 spiro atoms. The van der Waals surface area contributed by atoms with Crippen molar-refractivity contribution in [2.75, 3.05) is 0 Å². The average molecular weight is 331 g/mol. The second-order valence-corrected chi connectivity index (χ2v) is 4.92. The quantitative estimate of drug-likeness (QED) is 0.426. The number of H-pyrrole nitrogens is 1. The molecule has 0 unspecified atom stereocenters.